The second-order valence-corrected chi connectivity index (χ2v) is 5.48. The van der Waals surface area contributed by atoms with Crippen molar-refractivity contribution in [2.24, 2.45) is 0 Å². The molecule has 5 nitrogen and oxygen atoms in total. The van der Waals surface area contributed by atoms with Gasteiger partial charge in [-0.1, -0.05) is 6.92 Å². The first-order chi connectivity index (χ1) is 11.7. The molecule has 0 atom stereocenters. The SMILES string of the molecule is CC/C(=C\F)COc1ccc2c(c1)CCN(c1ncccn1)C2=O. The summed E-state index contributed by atoms with van der Waals surface area (Å²) >= 11 is 0. The van der Waals surface area contributed by atoms with Crippen LogP contribution >= 0.6 is 0 Å². The highest BCUT2D eigenvalue weighted by Gasteiger charge is 2.27. The van der Waals surface area contributed by atoms with Crippen molar-refractivity contribution >= 4 is 11.9 Å². The minimum absolute atomic E-state index is 0.119. The first-order valence-corrected chi connectivity index (χ1v) is 7.85. The molecule has 1 aromatic carbocycles. The van der Waals surface area contributed by atoms with Gasteiger partial charge in [-0.2, -0.15) is 0 Å². The Balaban J connectivity index is 1.77. The lowest BCUT2D eigenvalue weighted by molar-refractivity contribution is 0.0979. The van der Waals surface area contributed by atoms with E-state index in [-0.39, 0.29) is 12.5 Å². The van der Waals surface area contributed by atoms with Gasteiger partial charge in [0.1, 0.15) is 12.4 Å². The highest BCUT2D eigenvalue weighted by Crippen LogP contribution is 2.26. The van der Waals surface area contributed by atoms with Crippen LogP contribution in [0.2, 0.25) is 0 Å². The van der Waals surface area contributed by atoms with Gasteiger partial charge >= 0.3 is 0 Å². The number of ether oxygens (including phenoxy) is 1. The quantitative estimate of drug-likeness (QED) is 0.845. The van der Waals surface area contributed by atoms with Crippen LogP contribution in [0.5, 0.6) is 5.75 Å². The van der Waals surface area contributed by atoms with Crippen molar-refractivity contribution < 1.29 is 13.9 Å². The van der Waals surface area contributed by atoms with E-state index in [1.807, 2.05) is 13.0 Å². The molecule has 0 aliphatic carbocycles. The smallest absolute Gasteiger partial charge is 0.260 e. The average Bonchev–Trinajstić information content (AvgIpc) is 2.63. The zero-order valence-corrected chi connectivity index (χ0v) is 13.4. The van der Waals surface area contributed by atoms with Crippen LogP contribution in [0.1, 0.15) is 29.3 Å². The van der Waals surface area contributed by atoms with Gasteiger partial charge in [0.05, 0.1) is 6.33 Å². The van der Waals surface area contributed by atoms with E-state index in [1.165, 1.54) is 0 Å². The summed E-state index contributed by atoms with van der Waals surface area (Å²) in [5.41, 5.74) is 2.14. The fraction of sp³-hybridized carbons (Fsp3) is 0.278. The minimum atomic E-state index is -0.119. The van der Waals surface area contributed by atoms with E-state index in [9.17, 15) is 9.18 Å². The summed E-state index contributed by atoms with van der Waals surface area (Å²) in [6.07, 6.45) is 5.11. The summed E-state index contributed by atoms with van der Waals surface area (Å²) in [7, 11) is 0. The van der Waals surface area contributed by atoms with Crippen LogP contribution < -0.4 is 9.64 Å². The minimum Gasteiger partial charge on any atom is -0.489 e. The number of hydrogen-bond acceptors (Lipinski definition) is 4. The average molecular weight is 327 g/mol. The Morgan fingerprint density at radius 2 is 2.17 bits per heavy atom. The molecular weight excluding hydrogens is 309 g/mol. The molecule has 1 aromatic heterocycles. The maximum atomic E-state index is 12.6. The first-order valence-electron chi connectivity index (χ1n) is 7.85. The van der Waals surface area contributed by atoms with Crippen molar-refractivity contribution in [3.05, 3.63) is 59.7 Å². The summed E-state index contributed by atoms with van der Waals surface area (Å²) in [6.45, 7) is 2.61. The van der Waals surface area contributed by atoms with Crippen molar-refractivity contribution in [2.45, 2.75) is 19.8 Å². The number of carbonyl (C=O) groups excluding carboxylic acids is 1. The largest absolute Gasteiger partial charge is 0.489 e. The molecule has 6 heteroatoms. The van der Waals surface area contributed by atoms with Gasteiger partial charge in [0, 0.05) is 24.5 Å². The standard InChI is InChI=1S/C18H18FN3O2/c1-2-13(11-19)12-24-15-4-5-16-14(10-15)6-9-22(17(16)23)18-20-7-3-8-21-18/h3-5,7-8,10-11H,2,6,9,12H2,1H3/b13-11+. The van der Waals surface area contributed by atoms with E-state index in [0.717, 1.165) is 5.56 Å². The van der Waals surface area contributed by atoms with Gasteiger partial charge in [-0.3, -0.25) is 9.69 Å². The van der Waals surface area contributed by atoms with Gasteiger partial charge in [0.2, 0.25) is 5.95 Å². The summed E-state index contributed by atoms with van der Waals surface area (Å²) in [5, 5.41) is 0. The third-order valence-electron chi connectivity index (χ3n) is 3.98. The molecule has 2 heterocycles. The van der Waals surface area contributed by atoms with Crippen LogP contribution in [-0.4, -0.2) is 29.0 Å². The van der Waals surface area contributed by atoms with Crippen LogP contribution in [-0.2, 0) is 6.42 Å². The van der Waals surface area contributed by atoms with E-state index >= 15 is 0 Å². The molecule has 0 N–H and O–H groups in total. The van der Waals surface area contributed by atoms with Crippen LogP contribution in [0.15, 0.2) is 48.6 Å². The molecule has 1 aliphatic rings. The maximum absolute atomic E-state index is 12.6. The van der Waals surface area contributed by atoms with Gasteiger partial charge in [-0.15, -0.1) is 0 Å². The third kappa shape index (κ3) is 3.27. The number of fused-ring (bicyclic) bond motifs is 1. The molecule has 0 unspecified atom stereocenters. The van der Waals surface area contributed by atoms with E-state index in [1.54, 1.807) is 35.5 Å². The van der Waals surface area contributed by atoms with Crippen molar-refractivity contribution in [1.29, 1.82) is 0 Å². The number of hydrogen-bond donors (Lipinski definition) is 0. The van der Waals surface area contributed by atoms with Crippen LogP contribution in [0.25, 0.3) is 0 Å². The van der Waals surface area contributed by atoms with Crippen molar-refractivity contribution in [2.75, 3.05) is 18.1 Å². The van der Waals surface area contributed by atoms with E-state index in [0.29, 0.717) is 48.6 Å². The fourth-order valence-electron chi connectivity index (χ4n) is 2.56. The van der Waals surface area contributed by atoms with Gasteiger partial charge in [-0.05, 0) is 48.2 Å². The molecule has 0 saturated carbocycles. The summed E-state index contributed by atoms with van der Waals surface area (Å²) < 4.78 is 18.2. The normalized spacial score (nSPS) is 14.5. The Labute approximate surface area is 139 Å². The topological polar surface area (TPSA) is 55.3 Å². The molecule has 2 aromatic rings. The van der Waals surface area contributed by atoms with Gasteiger partial charge in [0.25, 0.3) is 5.91 Å². The fourth-order valence-corrected chi connectivity index (χ4v) is 2.56. The molecule has 124 valence electrons. The molecule has 0 saturated heterocycles. The second kappa shape index (κ2) is 7.21. The Morgan fingerprint density at radius 1 is 1.38 bits per heavy atom. The molecule has 0 fully saturated rings. The van der Waals surface area contributed by atoms with Gasteiger partial charge < -0.3 is 4.74 Å². The number of anilines is 1. The summed E-state index contributed by atoms with van der Waals surface area (Å²) in [4.78, 5) is 22.5. The number of amides is 1. The molecule has 1 aliphatic heterocycles. The summed E-state index contributed by atoms with van der Waals surface area (Å²) in [5.74, 6) is 0.930. The van der Waals surface area contributed by atoms with E-state index < -0.39 is 0 Å². The predicted molar refractivity (Wildman–Crippen MR) is 88.8 cm³/mol. The number of rotatable bonds is 5. The number of halogens is 1. The van der Waals surface area contributed by atoms with Crippen LogP contribution in [0, 0.1) is 0 Å². The molecule has 0 radical (unpaired) electrons. The predicted octanol–water partition coefficient (Wildman–Crippen LogP) is 3.32. The lowest BCUT2D eigenvalue weighted by Gasteiger charge is -2.27. The molecular formula is C18H18FN3O2. The monoisotopic (exact) mass is 327 g/mol. The van der Waals surface area contributed by atoms with E-state index in [2.05, 4.69) is 9.97 Å². The zero-order chi connectivity index (χ0) is 16.9. The Bertz CT molecular complexity index is 762. The van der Waals surface area contributed by atoms with Crippen molar-refractivity contribution in [3.63, 3.8) is 0 Å². The van der Waals surface area contributed by atoms with Crippen LogP contribution in [0.3, 0.4) is 0 Å². The highest BCUT2D eigenvalue weighted by atomic mass is 19.1. The zero-order valence-electron chi connectivity index (χ0n) is 13.4. The Hall–Kier alpha value is -2.76. The highest BCUT2D eigenvalue weighted by molar-refractivity contribution is 6.07. The van der Waals surface area contributed by atoms with Crippen molar-refractivity contribution in [3.8, 4) is 5.75 Å². The first kappa shape index (κ1) is 16.1. The molecule has 24 heavy (non-hydrogen) atoms. The number of benzene rings is 1. The molecule has 0 bridgehead atoms. The Morgan fingerprint density at radius 3 is 2.88 bits per heavy atom. The molecule has 3 rings (SSSR count). The Kier molecular flexibility index (Phi) is 4.84. The van der Waals surface area contributed by atoms with E-state index in [4.69, 9.17) is 4.74 Å². The third-order valence-corrected chi connectivity index (χ3v) is 3.98. The lowest BCUT2D eigenvalue weighted by atomic mass is 9.99. The number of nitrogens with zero attached hydrogens (tertiary/aromatic N) is 3. The summed E-state index contributed by atoms with van der Waals surface area (Å²) in [6, 6.07) is 7.04. The lowest BCUT2D eigenvalue weighted by Crippen LogP contribution is -2.38. The van der Waals surface area contributed by atoms with Crippen molar-refractivity contribution in [1.82, 2.24) is 9.97 Å². The number of aromatic nitrogens is 2. The maximum Gasteiger partial charge on any atom is 0.260 e. The van der Waals surface area contributed by atoms with Crippen LogP contribution in [0.4, 0.5) is 10.3 Å². The molecule has 1 amide bonds. The second-order valence-electron chi connectivity index (χ2n) is 5.48. The van der Waals surface area contributed by atoms with Gasteiger partial charge in [0.15, 0.2) is 0 Å². The van der Waals surface area contributed by atoms with Gasteiger partial charge in [-0.25, -0.2) is 14.4 Å². The number of carbonyl (C=O) groups is 1. The molecule has 0 spiro atoms.